The predicted octanol–water partition coefficient (Wildman–Crippen LogP) is 5.92. The van der Waals surface area contributed by atoms with Crippen LogP contribution < -0.4 is 9.47 Å². The Morgan fingerprint density at radius 3 is 2.58 bits per heavy atom. The van der Waals surface area contributed by atoms with Crippen molar-refractivity contribution in [2.75, 3.05) is 19.6 Å². The summed E-state index contributed by atoms with van der Waals surface area (Å²) < 4.78 is 12.7. The molecule has 1 N–H and O–H groups in total. The maximum absolute atomic E-state index is 10.1. The summed E-state index contributed by atoms with van der Waals surface area (Å²) in [4.78, 5) is 2.44. The summed E-state index contributed by atoms with van der Waals surface area (Å²) in [6.07, 6.45) is 11.4. The number of rotatable bonds is 6. The highest BCUT2D eigenvalue weighted by Crippen LogP contribution is 2.53. The van der Waals surface area contributed by atoms with Crippen molar-refractivity contribution in [3.05, 3.63) is 77.9 Å². The van der Waals surface area contributed by atoms with Crippen molar-refractivity contribution >= 4 is 0 Å². The smallest absolute Gasteiger partial charge is 0.127 e. The number of benzene rings is 2. The van der Waals surface area contributed by atoms with Crippen molar-refractivity contribution in [3.63, 3.8) is 0 Å². The van der Waals surface area contributed by atoms with Gasteiger partial charge in [0.15, 0.2) is 0 Å². The molecule has 2 aliphatic heterocycles. The van der Waals surface area contributed by atoms with Crippen LogP contribution in [0.3, 0.4) is 0 Å². The second-order valence-electron chi connectivity index (χ2n) is 10.2. The van der Waals surface area contributed by atoms with Crippen LogP contribution >= 0.6 is 0 Å². The first-order valence-electron chi connectivity index (χ1n) is 12.3. The Balaban J connectivity index is 1.44. The molecule has 33 heavy (non-hydrogen) atoms. The molecular formula is C29H35NO3. The summed E-state index contributed by atoms with van der Waals surface area (Å²) in [6, 6.07) is 14.2. The molecular weight excluding hydrogens is 410 g/mol. The van der Waals surface area contributed by atoms with Gasteiger partial charge in [-0.15, -0.1) is 0 Å². The fourth-order valence-corrected chi connectivity index (χ4v) is 5.87. The number of hydrogen-bond acceptors (Lipinski definition) is 4. The zero-order valence-corrected chi connectivity index (χ0v) is 19.9. The largest absolute Gasteiger partial charge is 0.508 e. The van der Waals surface area contributed by atoms with Gasteiger partial charge in [0.05, 0.1) is 0 Å². The van der Waals surface area contributed by atoms with Crippen molar-refractivity contribution in [2.24, 2.45) is 11.8 Å². The molecule has 0 bridgehead atoms. The van der Waals surface area contributed by atoms with E-state index in [2.05, 4.69) is 74.2 Å². The van der Waals surface area contributed by atoms with E-state index < -0.39 is 0 Å². The van der Waals surface area contributed by atoms with Crippen molar-refractivity contribution in [3.8, 4) is 17.2 Å². The van der Waals surface area contributed by atoms with Crippen LogP contribution in [-0.2, 0) is 0 Å². The van der Waals surface area contributed by atoms with Crippen LogP contribution in [0.4, 0.5) is 0 Å². The van der Waals surface area contributed by atoms with Crippen LogP contribution in [0.15, 0.2) is 66.8 Å². The fourth-order valence-electron chi connectivity index (χ4n) is 5.87. The number of allylic oxidation sites excluding steroid dienone is 4. The van der Waals surface area contributed by atoms with Gasteiger partial charge in [-0.05, 0) is 62.9 Å². The molecule has 0 amide bonds. The van der Waals surface area contributed by atoms with Gasteiger partial charge in [-0.25, -0.2) is 0 Å². The standard InChI is InChI=1S/C29H35NO3/c1-4-16-30-18-24(19-30)32-23-13-10-20(11-14-23)27-25-15-12-22(31)17-26(25)33-29(2,3)28(27)21-8-6-5-7-9-21/h5-8,10-15,17,21,24,27-28,31H,4,9,16,18-19H2,1-3H3/t21?,27-,28+/m1/s1. The van der Waals surface area contributed by atoms with Gasteiger partial charge in [0, 0.05) is 36.6 Å². The monoisotopic (exact) mass is 445 g/mol. The Kier molecular flexibility index (Phi) is 5.96. The lowest BCUT2D eigenvalue weighted by molar-refractivity contribution is -0.00299. The SMILES string of the molecule is CCCN1CC(Oc2ccc([C@@H]3c4ccc(O)cc4OC(C)(C)[C@H]3C3C=CC=CC3)cc2)C1. The summed E-state index contributed by atoms with van der Waals surface area (Å²) in [7, 11) is 0. The molecule has 0 radical (unpaired) electrons. The minimum Gasteiger partial charge on any atom is -0.508 e. The van der Waals surface area contributed by atoms with Crippen molar-refractivity contribution in [2.45, 2.75) is 51.2 Å². The van der Waals surface area contributed by atoms with E-state index in [9.17, 15) is 5.11 Å². The average molecular weight is 446 g/mol. The first-order chi connectivity index (χ1) is 15.9. The molecule has 1 fully saturated rings. The number of fused-ring (bicyclic) bond motifs is 1. The Morgan fingerprint density at radius 1 is 1.09 bits per heavy atom. The molecule has 1 unspecified atom stereocenters. The van der Waals surface area contributed by atoms with Crippen molar-refractivity contribution in [1.82, 2.24) is 4.90 Å². The quantitative estimate of drug-likeness (QED) is 0.600. The summed E-state index contributed by atoms with van der Waals surface area (Å²) in [5.74, 6) is 2.77. The molecule has 2 heterocycles. The topological polar surface area (TPSA) is 41.9 Å². The zero-order chi connectivity index (χ0) is 23.0. The van der Waals surface area contributed by atoms with Crippen LogP contribution in [-0.4, -0.2) is 41.3 Å². The van der Waals surface area contributed by atoms with E-state index in [-0.39, 0.29) is 23.2 Å². The lowest BCUT2D eigenvalue weighted by atomic mass is 9.64. The Hall–Kier alpha value is -2.72. The number of phenolic OH excluding ortho intramolecular Hbond substituents is 1. The first kappa shape index (κ1) is 22.1. The minimum atomic E-state index is -0.379. The predicted molar refractivity (Wildman–Crippen MR) is 132 cm³/mol. The van der Waals surface area contributed by atoms with Gasteiger partial charge in [0.25, 0.3) is 0 Å². The third kappa shape index (κ3) is 4.41. The highest BCUT2D eigenvalue weighted by atomic mass is 16.5. The molecule has 174 valence electrons. The number of likely N-dealkylation sites (tertiary alicyclic amines) is 1. The van der Waals surface area contributed by atoms with E-state index in [1.807, 2.05) is 6.07 Å². The van der Waals surface area contributed by atoms with Crippen LogP contribution in [0.1, 0.15) is 50.7 Å². The van der Waals surface area contributed by atoms with Gasteiger partial charge < -0.3 is 14.6 Å². The minimum absolute atomic E-state index is 0.170. The lowest BCUT2D eigenvalue weighted by Crippen LogP contribution is -2.53. The second kappa shape index (κ2) is 8.90. The van der Waals surface area contributed by atoms with E-state index in [4.69, 9.17) is 9.47 Å². The van der Waals surface area contributed by atoms with Crippen LogP contribution in [0.5, 0.6) is 17.2 Å². The van der Waals surface area contributed by atoms with Gasteiger partial charge in [-0.1, -0.05) is 49.4 Å². The van der Waals surface area contributed by atoms with Gasteiger partial charge in [-0.3, -0.25) is 4.90 Å². The third-order valence-electron chi connectivity index (χ3n) is 7.35. The van der Waals surface area contributed by atoms with E-state index in [0.29, 0.717) is 12.0 Å². The lowest BCUT2D eigenvalue weighted by Gasteiger charge is -2.48. The second-order valence-corrected chi connectivity index (χ2v) is 10.2. The number of phenols is 1. The molecule has 4 nitrogen and oxygen atoms in total. The van der Waals surface area contributed by atoms with E-state index >= 15 is 0 Å². The maximum Gasteiger partial charge on any atom is 0.127 e. The number of aromatic hydroxyl groups is 1. The summed E-state index contributed by atoms with van der Waals surface area (Å²) in [5.41, 5.74) is 2.03. The van der Waals surface area contributed by atoms with Gasteiger partial charge in [0.2, 0.25) is 0 Å². The summed E-state index contributed by atoms with van der Waals surface area (Å²) >= 11 is 0. The summed E-state index contributed by atoms with van der Waals surface area (Å²) in [6.45, 7) is 9.77. The number of hydrogen-bond donors (Lipinski definition) is 1. The maximum atomic E-state index is 10.1. The Labute approximate surface area is 197 Å². The number of nitrogens with zero attached hydrogens (tertiary/aromatic N) is 1. The molecule has 4 heteroatoms. The molecule has 0 spiro atoms. The van der Waals surface area contributed by atoms with Crippen molar-refractivity contribution in [1.29, 1.82) is 0 Å². The van der Waals surface area contributed by atoms with Crippen LogP contribution in [0.2, 0.25) is 0 Å². The fraction of sp³-hybridized carbons (Fsp3) is 0.448. The zero-order valence-electron chi connectivity index (χ0n) is 19.9. The molecule has 1 aliphatic carbocycles. The van der Waals surface area contributed by atoms with Crippen molar-refractivity contribution < 1.29 is 14.6 Å². The van der Waals surface area contributed by atoms with Crippen LogP contribution in [0.25, 0.3) is 0 Å². The first-order valence-corrected chi connectivity index (χ1v) is 12.3. The molecule has 1 saturated heterocycles. The van der Waals surface area contributed by atoms with Gasteiger partial charge >= 0.3 is 0 Å². The molecule has 3 aliphatic rings. The number of ether oxygens (including phenoxy) is 2. The Morgan fingerprint density at radius 2 is 1.88 bits per heavy atom. The van der Waals surface area contributed by atoms with Gasteiger partial charge in [0.1, 0.15) is 29.0 Å². The van der Waals surface area contributed by atoms with E-state index in [1.54, 1.807) is 12.1 Å². The summed E-state index contributed by atoms with van der Waals surface area (Å²) in [5, 5.41) is 10.1. The Bertz CT molecular complexity index is 1030. The van der Waals surface area contributed by atoms with Crippen LogP contribution in [0, 0.1) is 11.8 Å². The molecule has 3 atom stereocenters. The third-order valence-corrected chi connectivity index (χ3v) is 7.35. The highest BCUT2D eigenvalue weighted by Gasteiger charge is 2.47. The molecule has 2 aromatic rings. The average Bonchev–Trinajstić information content (AvgIpc) is 2.77. The normalized spacial score (nSPS) is 26.3. The molecule has 2 aromatic carbocycles. The van der Waals surface area contributed by atoms with Gasteiger partial charge in [-0.2, -0.15) is 0 Å². The molecule has 5 rings (SSSR count). The van der Waals surface area contributed by atoms with E-state index in [1.165, 1.54) is 12.0 Å². The highest BCUT2D eigenvalue weighted by molar-refractivity contribution is 5.50. The molecule has 0 aromatic heterocycles. The molecule has 0 saturated carbocycles. The van der Waals surface area contributed by atoms with E-state index in [0.717, 1.165) is 43.1 Å².